The number of hydrogen-bond donors (Lipinski definition) is 0. The molecule has 0 aliphatic carbocycles. The van der Waals surface area contributed by atoms with Gasteiger partial charge in [-0.2, -0.15) is 9.39 Å². The van der Waals surface area contributed by atoms with Gasteiger partial charge in [-0.05, 0) is 57.6 Å². The van der Waals surface area contributed by atoms with Crippen molar-refractivity contribution in [1.82, 2.24) is 4.31 Å². The number of hydrogen-bond acceptors (Lipinski definition) is 1. The first-order valence-electron chi connectivity index (χ1n) is 12.2. The van der Waals surface area contributed by atoms with Crippen LogP contribution in [-0.2, 0) is 12.2 Å². The molecule has 3 rings (SSSR count). The van der Waals surface area contributed by atoms with E-state index in [0.717, 1.165) is 12.3 Å². The van der Waals surface area contributed by atoms with E-state index in [1.54, 1.807) is 0 Å². The van der Waals surface area contributed by atoms with Crippen molar-refractivity contribution in [2.75, 3.05) is 6.54 Å². The van der Waals surface area contributed by atoms with E-state index < -0.39 is 9.39 Å². The maximum absolute atomic E-state index is 4.44. The van der Waals surface area contributed by atoms with Crippen LogP contribution in [0.5, 0.6) is 0 Å². The summed E-state index contributed by atoms with van der Waals surface area (Å²) in [4.78, 5) is 0. The summed E-state index contributed by atoms with van der Waals surface area (Å²) in [5.74, 6) is 9.84. The summed E-state index contributed by atoms with van der Waals surface area (Å²) in [6, 6.07) is 17.9. The fraction of sp³-hybridized carbons (Fsp3) is 0.467. The van der Waals surface area contributed by atoms with Crippen molar-refractivity contribution < 1.29 is 0 Å². The molecule has 0 radical (unpaired) electrons. The zero-order chi connectivity index (χ0) is 24.1. The number of rotatable bonds is 7. The lowest BCUT2D eigenvalue weighted by molar-refractivity contribution is 0.484. The molecule has 2 heteroatoms. The highest BCUT2D eigenvalue weighted by Crippen LogP contribution is 2.39. The first kappa shape index (κ1) is 28.3. The Balaban J connectivity index is 0.000000318. The molecule has 1 heterocycles. The highest BCUT2D eigenvalue weighted by Gasteiger charge is 2.27. The summed E-state index contributed by atoms with van der Waals surface area (Å²) >= 11 is 0. The Morgan fingerprint density at radius 2 is 1.59 bits per heavy atom. The Morgan fingerprint density at radius 3 is 2.12 bits per heavy atom. The average Bonchev–Trinajstić information content (AvgIpc) is 3.26. The smallest absolute Gasteiger partial charge is 0.0397 e. The third-order valence-electron chi connectivity index (χ3n) is 5.65. The standard InChI is InChI=1S/C16H23NS.C12H18.C2H6/c1-14(2)16-11-8-12-17(16)18(3,4)13-15-9-6-5-7-10-15;1-4-5-6-12-8-10(2)7-11(3)9-12;1-2/h5-7,9-10,16H,1,3-4,8,11-13H2,2H3;7-9H,4-6H2,1-3H3;1-2H3. The van der Waals surface area contributed by atoms with Crippen LogP contribution in [0.25, 0.3) is 0 Å². The van der Waals surface area contributed by atoms with Crippen LogP contribution in [0.2, 0.25) is 0 Å². The Bertz CT molecular complexity index is 889. The van der Waals surface area contributed by atoms with Crippen LogP contribution in [0.1, 0.15) is 75.6 Å². The zero-order valence-corrected chi connectivity index (χ0v) is 22.4. The molecule has 0 aromatic heterocycles. The molecule has 0 amide bonds. The van der Waals surface area contributed by atoms with Gasteiger partial charge < -0.3 is 0 Å². The van der Waals surface area contributed by atoms with E-state index in [2.05, 4.69) is 98.9 Å². The molecular weight excluding hydrogens is 406 g/mol. The summed E-state index contributed by atoms with van der Waals surface area (Å²) in [5.41, 5.74) is 6.87. The summed E-state index contributed by atoms with van der Waals surface area (Å²) in [7, 11) is -1.23. The molecule has 2 aromatic carbocycles. The van der Waals surface area contributed by atoms with Gasteiger partial charge in [-0.15, -0.1) is 0 Å². The molecule has 1 aliphatic heterocycles. The van der Waals surface area contributed by atoms with Gasteiger partial charge in [-0.3, -0.25) is 4.31 Å². The highest BCUT2D eigenvalue weighted by atomic mass is 32.2. The molecule has 1 aliphatic rings. The molecule has 1 nitrogen and oxygen atoms in total. The van der Waals surface area contributed by atoms with Crippen molar-refractivity contribution in [3.63, 3.8) is 0 Å². The summed E-state index contributed by atoms with van der Waals surface area (Å²) in [6.45, 7) is 17.9. The summed E-state index contributed by atoms with van der Waals surface area (Å²) in [6.07, 6.45) is 6.28. The van der Waals surface area contributed by atoms with Gasteiger partial charge in [-0.25, -0.2) is 0 Å². The van der Waals surface area contributed by atoms with Crippen molar-refractivity contribution in [3.05, 3.63) is 82.9 Å². The van der Waals surface area contributed by atoms with Crippen molar-refractivity contribution in [3.8, 4) is 0 Å². The minimum atomic E-state index is -1.23. The molecule has 1 atom stereocenters. The van der Waals surface area contributed by atoms with Gasteiger partial charge in [0.05, 0.1) is 0 Å². The maximum Gasteiger partial charge on any atom is 0.0397 e. The van der Waals surface area contributed by atoms with Crippen molar-refractivity contribution in [1.29, 1.82) is 0 Å². The lowest BCUT2D eigenvalue weighted by Crippen LogP contribution is -2.27. The Morgan fingerprint density at radius 1 is 1.00 bits per heavy atom. The maximum atomic E-state index is 4.44. The first-order chi connectivity index (χ1) is 15.2. The van der Waals surface area contributed by atoms with Crippen molar-refractivity contribution in [2.45, 2.75) is 85.4 Å². The van der Waals surface area contributed by atoms with Gasteiger partial charge in [0.1, 0.15) is 0 Å². The van der Waals surface area contributed by atoms with Gasteiger partial charge in [0.2, 0.25) is 0 Å². The van der Waals surface area contributed by atoms with Gasteiger partial charge in [0.15, 0.2) is 0 Å². The number of benzene rings is 2. The van der Waals surface area contributed by atoms with E-state index in [0.29, 0.717) is 6.04 Å². The van der Waals surface area contributed by atoms with Gasteiger partial charge in [0, 0.05) is 18.3 Å². The van der Waals surface area contributed by atoms with E-state index in [9.17, 15) is 0 Å². The molecule has 0 bridgehead atoms. The van der Waals surface area contributed by atoms with E-state index in [1.165, 1.54) is 59.9 Å². The molecule has 0 saturated carbocycles. The monoisotopic (exact) mass is 453 g/mol. The lowest BCUT2D eigenvalue weighted by atomic mass is 10.0. The second-order valence-corrected chi connectivity index (χ2v) is 11.6. The predicted molar refractivity (Wildman–Crippen MR) is 152 cm³/mol. The molecule has 0 N–H and O–H groups in total. The minimum Gasteiger partial charge on any atom is -0.254 e. The zero-order valence-electron chi connectivity index (χ0n) is 21.6. The summed E-state index contributed by atoms with van der Waals surface area (Å²) in [5, 5.41) is 0. The topological polar surface area (TPSA) is 3.24 Å². The highest BCUT2D eigenvalue weighted by molar-refractivity contribution is 8.25. The SMILES string of the molecule is C=C(C)C1CCCN1S(=C)(=C)Cc1ccccc1.CC.CCCCc1cc(C)cc(C)c1. The molecule has 0 spiro atoms. The van der Waals surface area contributed by atoms with Crippen LogP contribution in [0.15, 0.2) is 60.7 Å². The van der Waals surface area contributed by atoms with Crippen LogP contribution in [0.3, 0.4) is 0 Å². The molecule has 178 valence electrons. The van der Waals surface area contributed by atoms with E-state index in [4.69, 9.17) is 0 Å². The van der Waals surface area contributed by atoms with E-state index >= 15 is 0 Å². The normalized spacial score (nSPS) is 15.9. The third kappa shape index (κ3) is 9.38. The molecule has 1 fully saturated rings. The second kappa shape index (κ2) is 14.4. The van der Waals surface area contributed by atoms with Crippen molar-refractivity contribution in [2.24, 2.45) is 0 Å². The quantitative estimate of drug-likeness (QED) is 0.300. The fourth-order valence-electron chi connectivity index (χ4n) is 4.26. The van der Waals surface area contributed by atoms with Gasteiger partial charge in [0.25, 0.3) is 0 Å². The van der Waals surface area contributed by atoms with E-state index in [1.807, 2.05) is 13.8 Å². The minimum absolute atomic E-state index is 0.485. The van der Waals surface area contributed by atoms with Crippen LogP contribution in [0.4, 0.5) is 0 Å². The Hall–Kier alpha value is -1.77. The second-order valence-electron chi connectivity index (χ2n) is 8.87. The Labute approximate surface area is 200 Å². The molecule has 32 heavy (non-hydrogen) atoms. The van der Waals surface area contributed by atoms with Gasteiger partial charge in [-0.1, -0.05) is 111 Å². The predicted octanol–water partition coefficient (Wildman–Crippen LogP) is 8.48. The average molecular weight is 454 g/mol. The first-order valence-corrected chi connectivity index (χ1v) is 14.3. The molecular formula is C30H47NS. The van der Waals surface area contributed by atoms with Crippen LogP contribution < -0.4 is 0 Å². The lowest BCUT2D eigenvalue weighted by Gasteiger charge is -2.33. The van der Waals surface area contributed by atoms with E-state index in [-0.39, 0.29) is 0 Å². The van der Waals surface area contributed by atoms with Crippen LogP contribution >= 0.6 is 9.39 Å². The van der Waals surface area contributed by atoms with Crippen molar-refractivity contribution >= 4 is 21.1 Å². The fourth-order valence-corrected chi connectivity index (χ4v) is 6.58. The number of unbranched alkanes of at least 4 members (excludes halogenated alkanes) is 1. The Kier molecular flexibility index (Phi) is 12.7. The third-order valence-corrected chi connectivity index (χ3v) is 7.95. The number of nitrogens with zero attached hydrogens (tertiary/aromatic N) is 1. The summed E-state index contributed by atoms with van der Waals surface area (Å²) < 4.78 is 2.50. The van der Waals surface area contributed by atoms with Crippen LogP contribution in [0, 0.1) is 13.8 Å². The van der Waals surface area contributed by atoms with Gasteiger partial charge >= 0.3 is 0 Å². The molecule has 1 saturated heterocycles. The number of aryl methyl sites for hydroxylation is 3. The molecule has 2 aromatic rings. The largest absolute Gasteiger partial charge is 0.254 e. The molecule has 1 unspecified atom stereocenters. The van der Waals surface area contributed by atoms with Crippen LogP contribution in [-0.4, -0.2) is 28.6 Å².